The number of nitrogens with two attached hydrogens (primary N) is 1. The zero-order valence-corrected chi connectivity index (χ0v) is 13.6. The number of carbonyl (C=O) groups excluding carboxylic acids is 1. The van der Waals surface area contributed by atoms with Crippen LogP contribution in [0.15, 0.2) is 60.8 Å². The molecule has 0 atom stereocenters. The van der Waals surface area contributed by atoms with Crippen LogP contribution in [0.3, 0.4) is 0 Å². The number of nitrogens with zero attached hydrogens (tertiary/aromatic N) is 2. The molecule has 0 radical (unpaired) electrons. The molecule has 4 N–H and O–H groups in total. The van der Waals surface area contributed by atoms with Crippen LogP contribution in [-0.2, 0) is 0 Å². The number of primary amides is 1. The molecule has 0 aliphatic heterocycles. The lowest BCUT2D eigenvalue weighted by atomic mass is 10.2. The first-order chi connectivity index (χ1) is 12.2. The minimum atomic E-state index is -0.605. The standard InChI is InChI=1S/C18H17N5O2/c1-25-14-9-5-8-13(10-14)22-18-20-11-15(16(19)24)17(23-18)21-12-6-3-2-4-7-12/h2-11H,1H3,(H2,19,24)(H2,20,21,22,23). The molecular weight excluding hydrogens is 318 g/mol. The van der Waals surface area contributed by atoms with E-state index in [1.165, 1.54) is 6.20 Å². The molecule has 7 nitrogen and oxygen atoms in total. The topological polar surface area (TPSA) is 102 Å². The maximum atomic E-state index is 11.6. The van der Waals surface area contributed by atoms with Gasteiger partial charge < -0.3 is 21.1 Å². The predicted octanol–water partition coefficient (Wildman–Crippen LogP) is 3.07. The monoisotopic (exact) mass is 335 g/mol. The number of aromatic nitrogens is 2. The van der Waals surface area contributed by atoms with Gasteiger partial charge in [0.2, 0.25) is 5.95 Å². The molecule has 7 heteroatoms. The molecule has 0 spiro atoms. The molecule has 0 aliphatic carbocycles. The Hall–Kier alpha value is -3.61. The van der Waals surface area contributed by atoms with E-state index >= 15 is 0 Å². The average Bonchev–Trinajstić information content (AvgIpc) is 2.63. The summed E-state index contributed by atoms with van der Waals surface area (Å²) in [5.41, 5.74) is 7.17. The number of para-hydroxylation sites is 1. The van der Waals surface area contributed by atoms with E-state index in [9.17, 15) is 4.79 Å². The number of carbonyl (C=O) groups is 1. The second-order valence-corrected chi connectivity index (χ2v) is 5.17. The van der Waals surface area contributed by atoms with E-state index < -0.39 is 5.91 Å². The minimum absolute atomic E-state index is 0.208. The third-order valence-electron chi connectivity index (χ3n) is 3.42. The molecule has 0 aliphatic rings. The summed E-state index contributed by atoms with van der Waals surface area (Å²) in [7, 11) is 1.60. The van der Waals surface area contributed by atoms with Crippen molar-refractivity contribution in [2.24, 2.45) is 5.73 Å². The molecule has 2 aromatic carbocycles. The Bertz CT molecular complexity index is 884. The van der Waals surface area contributed by atoms with Gasteiger partial charge in [0.25, 0.3) is 5.91 Å². The Balaban J connectivity index is 1.90. The average molecular weight is 335 g/mol. The van der Waals surface area contributed by atoms with Crippen LogP contribution in [0.5, 0.6) is 5.75 Å². The van der Waals surface area contributed by atoms with Crippen LogP contribution in [0.4, 0.5) is 23.1 Å². The summed E-state index contributed by atoms with van der Waals surface area (Å²) in [5, 5.41) is 6.16. The maximum Gasteiger partial charge on any atom is 0.254 e. The van der Waals surface area contributed by atoms with Gasteiger partial charge in [-0.05, 0) is 24.3 Å². The molecule has 0 fully saturated rings. The van der Waals surface area contributed by atoms with E-state index in [0.29, 0.717) is 17.5 Å². The number of amides is 1. The fourth-order valence-electron chi connectivity index (χ4n) is 2.21. The normalized spacial score (nSPS) is 10.1. The van der Waals surface area contributed by atoms with E-state index in [1.807, 2.05) is 54.6 Å². The number of rotatable bonds is 6. The lowest BCUT2D eigenvalue weighted by molar-refractivity contribution is 0.100. The van der Waals surface area contributed by atoms with E-state index in [1.54, 1.807) is 7.11 Å². The van der Waals surface area contributed by atoms with Crippen LogP contribution in [0.2, 0.25) is 0 Å². The first-order valence-electron chi connectivity index (χ1n) is 7.55. The van der Waals surface area contributed by atoms with Crippen molar-refractivity contribution in [2.75, 3.05) is 17.7 Å². The van der Waals surface area contributed by atoms with Gasteiger partial charge in [0.1, 0.15) is 17.1 Å². The van der Waals surface area contributed by atoms with Gasteiger partial charge in [-0.25, -0.2) is 4.98 Å². The van der Waals surface area contributed by atoms with E-state index in [2.05, 4.69) is 20.6 Å². The summed E-state index contributed by atoms with van der Waals surface area (Å²) in [6, 6.07) is 16.7. The minimum Gasteiger partial charge on any atom is -0.497 e. The Kier molecular flexibility index (Phi) is 4.75. The van der Waals surface area contributed by atoms with E-state index in [-0.39, 0.29) is 5.56 Å². The Labute approximate surface area is 144 Å². The number of nitrogens with one attached hydrogen (secondary N) is 2. The van der Waals surface area contributed by atoms with Gasteiger partial charge in [-0.15, -0.1) is 0 Å². The zero-order chi connectivity index (χ0) is 17.6. The molecule has 0 bridgehead atoms. The van der Waals surface area contributed by atoms with Crippen molar-refractivity contribution < 1.29 is 9.53 Å². The van der Waals surface area contributed by atoms with Crippen LogP contribution in [-0.4, -0.2) is 23.0 Å². The number of hydrogen-bond acceptors (Lipinski definition) is 6. The molecule has 126 valence electrons. The highest BCUT2D eigenvalue weighted by Gasteiger charge is 2.12. The van der Waals surface area contributed by atoms with Crippen molar-refractivity contribution in [1.82, 2.24) is 9.97 Å². The van der Waals surface area contributed by atoms with Crippen molar-refractivity contribution in [2.45, 2.75) is 0 Å². The SMILES string of the molecule is COc1cccc(Nc2ncc(C(N)=O)c(Nc3ccccc3)n2)c1. The van der Waals surface area contributed by atoms with Gasteiger partial charge in [-0.3, -0.25) is 4.79 Å². The van der Waals surface area contributed by atoms with Crippen molar-refractivity contribution in [3.05, 3.63) is 66.4 Å². The van der Waals surface area contributed by atoms with Crippen LogP contribution < -0.4 is 21.1 Å². The van der Waals surface area contributed by atoms with Crippen LogP contribution in [0.1, 0.15) is 10.4 Å². The lowest BCUT2D eigenvalue weighted by Gasteiger charge is -2.12. The second-order valence-electron chi connectivity index (χ2n) is 5.17. The Morgan fingerprint density at radius 2 is 1.80 bits per heavy atom. The quantitative estimate of drug-likeness (QED) is 0.640. The van der Waals surface area contributed by atoms with Crippen molar-refractivity contribution in [1.29, 1.82) is 0 Å². The van der Waals surface area contributed by atoms with Gasteiger partial charge in [-0.1, -0.05) is 24.3 Å². The molecule has 25 heavy (non-hydrogen) atoms. The molecule has 1 amide bonds. The van der Waals surface area contributed by atoms with Crippen molar-refractivity contribution in [3.63, 3.8) is 0 Å². The number of hydrogen-bond donors (Lipinski definition) is 3. The summed E-state index contributed by atoms with van der Waals surface area (Å²) in [5.74, 6) is 0.767. The first-order valence-corrected chi connectivity index (χ1v) is 7.55. The van der Waals surface area contributed by atoms with Gasteiger partial charge in [0, 0.05) is 23.6 Å². The highest BCUT2D eigenvalue weighted by atomic mass is 16.5. The van der Waals surface area contributed by atoms with Crippen molar-refractivity contribution >= 4 is 29.0 Å². The van der Waals surface area contributed by atoms with Gasteiger partial charge in [0.15, 0.2) is 0 Å². The predicted molar refractivity (Wildman–Crippen MR) is 96.6 cm³/mol. The van der Waals surface area contributed by atoms with E-state index in [4.69, 9.17) is 10.5 Å². The van der Waals surface area contributed by atoms with Crippen molar-refractivity contribution in [3.8, 4) is 5.75 Å². The van der Waals surface area contributed by atoms with Crippen LogP contribution >= 0.6 is 0 Å². The van der Waals surface area contributed by atoms with Gasteiger partial charge >= 0.3 is 0 Å². The maximum absolute atomic E-state index is 11.6. The largest absolute Gasteiger partial charge is 0.497 e. The number of benzene rings is 2. The molecule has 3 rings (SSSR count). The number of methoxy groups -OCH3 is 1. The summed E-state index contributed by atoms with van der Waals surface area (Å²) >= 11 is 0. The van der Waals surface area contributed by atoms with Crippen LogP contribution in [0, 0.1) is 0 Å². The Morgan fingerprint density at radius 1 is 1.04 bits per heavy atom. The molecular formula is C18H17N5O2. The Morgan fingerprint density at radius 3 is 2.52 bits per heavy atom. The molecule has 0 saturated heterocycles. The summed E-state index contributed by atoms with van der Waals surface area (Å²) < 4.78 is 5.19. The highest BCUT2D eigenvalue weighted by molar-refractivity contribution is 5.98. The summed E-state index contributed by atoms with van der Waals surface area (Å²) in [4.78, 5) is 20.1. The summed E-state index contributed by atoms with van der Waals surface area (Å²) in [6.07, 6.45) is 1.39. The molecule has 1 aromatic heterocycles. The lowest BCUT2D eigenvalue weighted by Crippen LogP contribution is -2.15. The highest BCUT2D eigenvalue weighted by Crippen LogP contribution is 2.23. The molecule has 0 saturated carbocycles. The molecule has 3 aromatic rings. The smallest absolute Gasteiger partial charge is 0.254 e. The van der Waals surface area contributed by atoms with Crippen LogP contribution in [0.25, 0.3) is 0 Å². The van der Waals surface area contributed by atoms with E-state index in [0.717, 1.165) is 11.4 Å². The molecule has 1 heterocycles. The van der Waals surface area contributed by atoms with Gasteiger partial charge in [-0.2, -0.15) is 4.98 Å². The zero-order valence-electron chi connectivity index (χ0n) is 13.6. The summed E-state index contributed by atoms with van der Waals surface area (Å²) in [6.45, 7) is 0. The van der Waals surface area contributed by atoms with Gasteiger partial charge in [0.05, 0.1) is 7.11 Å². The number of ether oxygens (including phenoxy) is 1. The molecule has 0 unspecified atom stereocenters. The fraction of sp³-hybridized carbons (Fsp3) is 0.0556. The number of anilines is 4. The third kappa shape index (κ3) is 4.03. The second kappa shape index (κ2) is 7.31. The third-order valence-corrected chi connectivity index (χ3v) is 3.42. The fourth-order valence-corrected chi connectivity index (χ4v) is 2.21. The first kappa shape index (κ1) is 16.3.